The molecule has 3 heteroatoms. The molecule has 0 saturated carbocycles. The number of carbonyl (C=O) groups is 1. The molecule has 0 aromatic heterocycles. The molecule has 0 aliphatic carbocycles. The van der Waals surface area contributed by atoms with E-state index in [-0.39, 0.29) is 5.91 Å². The zero-order valence-electron chi connectivity index (χ0n) is 9.73. The molecule has 0 bridgehead atoms. The summed E-state index contributed by atoms with van der Waals surface area (Å²) in [6.07, 6.45) is 4.69. The van der Waals surface area contributed by atoms with Gasteiger partial charge >= 0.3 is 0 Å². The van der Waals surface area contributed by atoms with Crippen molar-refractivity contribution in [3.8, 4) is 0 Å². The molecule has 14 heavy (non-hydrogen) atoms. The highest BCUT2D eigenvalue weighted by molar-refractivity contribution is 5.84. The van der Waals surface area contributed by atoms with Gasteiger partial charge in [-0.05, 0) is 25.8 Å². The van der Waals surface area contributed by atoms with Crippen LogP contribution in [0, 0.1) is 0 Å². The molecule has 3 nitrogen and oxygen atoms in total. The highest BCUT2D eigenvalue weighted by Gasteiger charge is 2.33. The van der Waals surface area contributed by atoms with Crippen molar-refractivity contribution in [3.05, 3.63) is 0 Å². The van der Waals surface area contributed by atoms with E-state index in [1.165, 1.54) is 0 Å². The average Bonchev–Trinajstić information content (AvgIpc) is 2.14. The van der Waals surface area contributed by atoms with Crippen LogP contribution in [-0.2, 0) is 4.79 Å². The van der Waals surface area contributed by atoms with Crippen molar-refractivity contribution in [3.63, 3.8) is 0 Å². The minimum Gasteiger partial charge on any atom is -0.368 e. The molecule has 0 atom stereocenters. The van der Waals surface area contributed by atoms with Gasteiger partial charge in [-0.3, -0.25) is 4.79 Å². The van der Waals surface area contributed by atoms with Gasteiger partial charge in [0, 0.05) is 0 Å². The van der Waals surface area contributed by atoms with Gasteiger partial charge in [0.05, 0.1) is 5.54 Å². The van der Waals surface area contributed by atoms with Crippen LogP contribution in [0.3, 0.4) is 0 Å². The molecule has 84 valence electrons. The summed E-state index contributed by atoms with van der Waals surface area (Å²) in [6.45, 7) is 7.13. The molecule has 0 spiro atoms. The van der Waals surface area contributed by atoms with Crippen molar-refractivity contribution in [2.75, 3.05) is 6.54 Å². The number of hydrogen-bond donors (Lipinski definition) is 2. The molecule has 0 radical (unpaired) electrons. The van der Waals surface area contributed by atoms with Crippen LogP contribution in [0.2, 0.25) is 0 Å². The van der Waals surface area contributed by atoms with E-state index >= 15 is 0 Å². The second-order valence-corrected chi connectivity index (χ2v) is 3.87. The fourth-order valence-electron chi connectivity index (χ4n) is 1.85. The Morgan fingerprint density at radius 2 is 1.64 bits per heavy atom. The lowest BCUT2D eigenvalue weighted by Crippen LogP contribution is -2.55. The third-order valence-corrected chi connectivity index (χ3v) is 2.54. The molecule has 0 aromatic rings. The van der Waals surface area contributed by atoms with Gasteiger partial charge < -0.3 is 11.1 Å². The van der Waals surface area contributed by atoms with Crippen LogP contribution in [0.5, 0.6) is 0 Å². The summed E-state index contributed by atoms with van der Waals surface area (Å²) in [7, 11) is 0. The maximum atomic E-state index is 11.5. The minimum absolute atomic E-state index is 0.199. The Balaban J connectivity index is 4.46. The molecule has 3 N–H and O–H groups in total. The van der Waals surface area contributed by atoms with Crippen molar-refractivity contribution in [2.45, 2.75) is 58.4 Å². The van der Waals surface area contributed by atoms with Gasteiger partial charge in [-0.15, -0.1) is 0 Å². The number of nitrogens with two attached hydrogens (primary N) is 1. The van der Waals surface area contributed by atoms with Gasteiger partial charge in [-0.2, -0.15) is 0 Å². The summed E-state index contributed by atoms with van der Waals surface area (Å²) >= 11 is 0. The van der Waals surface area contributed by atoms with Gasteiger partial charge in [0.2, 0.25) is 5.91 Å². The number of rotatable bonds is 8. The Hall–Kier alpha value is -0.570. The molecule has 1 amide bonds. The van der Waals surface area contributed by atoms with Crippen molar-refractivity contribution >= 4 is 5.91 Å². The van der Waals surface area contributed by atoms with Gasteiger partial charge in [-0.25, -0.2) is 0 Å². The van der Waals surface area contributed by atoms with Crippen LogP contribution < -0.4 is 11.1 Å². The van der Waals surface area contributed by atoms with Crippen LogP contribution in [0.4, 0.5) is 0 Å². The van der Waals surface area contributed by atoms with Crippen LogP contribution >= 0.6 is 0 Å². The smallest absolute Gasteiger partial charge is 0.237 e. The van der Waals surface area contributed by atoms with Crippen molar-refractivity contribution in [1.82, 2.24) is 5.32 Å². The fourth-order valence-corrected chi connectivity index (χ4v) is 1.85. The highest BCUT2D eigenvalue weighted by Crippen LogP contribution is 2.19. The molecule has 0 aromatic carbocycles. The zero-order chi connectivity index (χ0) is 11.0. The van der Waals surface area contributed by atoms with Crippen LogP contribution in [0.15, 0.2) is 0 Å². The van der Waals surface area contributed by atoms with Crippen molar-refractivity contribution in [2.24, 2.45) is 5.73 Å². The van der Waals surface area contributed by atoms with Gasteiger partial charge in [0.15, 0.2) is 0 Å². The van der Waals surface area contributed by atoms with E-state index in [1.54, 1.807) is 0 Å². The lowest BCUT2D eigenvalue weighted by molar-refractivity contribution is -0.125. The van der Waals surface area contributed by atoms with Crippen LogP contribution in [0.25, 0.3) is 0 Å². The van der Waals surface area contributed by atoms with Gasteiger partial charge in [0.1, 0.15) is 0 Å². The Morgan fingerprint density at radius 1 is 1.14 bits per heavy atom. The van der Waals surface area contributed by atoms with E-state index in [0.717, 1.165) is 38.6 Å². The zero-order valence-corrected chi connectivity index (χ0v) is 9.73. The summed E-state index contributed by atoms with van der Waals surface area (Å²) in [5.41, 5.74) is 5.02. The number of primary amides is 1. The van der Waals surface area contributed by atoms with Gasteiger partial charge in [-0.1, -0.05) is 33.6 Å². The van der Waals surface area contributed by atoms with E-state index in [2.05, 4.69) is 26.1 Å². The van der Waals surface area contributed by atoms with E-state index in [0.29, 0.717) is 0 Å². The predicted molar refractivity (Wildman–Crippen MR) is 60.0 cm³/mol. The molecule has 0 heterocycles. The summed E-state index contributed by atoms with van der Waals surface area (Å²) < 4.78 is 0. The second kappa shape index (κ2) is 6.82. The number of amides is 1. The topological polar surface area (TPSA) is 55.1 Å². The van der Waals surface area contributed by atoms with Crippen LogP contribution in [0.1, 0.15) is 52.9 Å². The molecule has 0 aliphatic rings. The average molecular weight is 200 g/mol. The van der Waals surface area contributed by atoms with Crippen molar-refractivity contribution in [1.29, 1.82) is 0 Å². The first-order valence-corrected chi connectivity index (χ1v) is 5.67. The Kier molecular flexibility index (Phi) is 6.54. The highest BCUT2D eigenvalue weighted by atomic mass is 16.1. The molecular formula is C11H24N2O. The van der Waals surface area contributed by atoms with E-state index < -0.39 is 5.54 Å². The molecular weight excluding hydrogens is 176 g/mol. The fraction of sp³-hybridized carbons (Fsp3) is 0.909. The Morgan fingerprint density at radius 3 is 1.93 bits per heavy atom. The third kappa shape index (κ3) is 3.66. The quantitative estimate of drug-likeness (QED) is 0.628. The predicted octanol–water partition coefficient (Wildman–Crippen LogP) is 1.81. The minimum atomic E-state index is -0.459. The largest absolute Gasteiger partial charge is 0.368 e. The summed E-state index contributed by atoms with van der Waals surface area (Å²) in [5, 5.41) is 3.31. The van der Waals surface area contributed by atoms with E-state index in [9.17, 15) is 4.79 Å². The number of nitrogens with one attached hydrogen (secondary N) is 1. The first-order chi connectivity index (χ1) is 6.63. The van der Waals surface area contributed by atoms with E-state index in [1.807, 2.05) is 0 Å². The molecule has 0 rings (SSSR count). The number of carbonyl (C=O) groups excluding carboxylic acids is 1. The molecule has 0 unspecified atom stereocenters. The normalized spacial score (nSPS) is 11.6. The Bertz CT molecular complexity index is 163. The summed E-state index contributed by atoms with van der Waals surface area (Å²) in [6, 6.07) is 0. The maximum Gasteiger partial charge on any atom is 0.237 e. The molecule has 0 aliphatic heterocycles. The SMILES string of the molecule is CCCNC(CCC)(CCC)C(N)=O. The van der Waals surface area contributed by atoms with E-state index in [4.69, 9.17) is 5.73 Å². The third-order valence-electron chi connectivity index (χ3n) is 2.54. The first kappa shape index (κ1) is 13.4. The maximum absolute atomic E-state index is 11.5. The Labute approximate surface area is 87.4 Å². The second-order valence-electron chi connectivity index (χ2n) is 3.87. The van der Waals surface area contributed by atoms with Gasteiger partial charge in [0.25, 0.3) is 0 Å². The standard InChI is InChI=1S/C11H24N2O/c1-4-7-11(8-5-2,10(12)14)13-9-6-3/h13H,4-9H2,1-3H3,(H2,12,14). The van der Waals surface area contributed by atoms with Crippen LogP contribution in [-0.4, -0.2) is 18.0 Å². The first-order valence-electron chi connectivity index (χ1n) is 5.67. The molecule has 0 saturated heterocycles. The summed E-state index contributed by atoms with van der Waals surface area (Å²) in [4.78, 5) is 11.5. The lowest BCUT2D eigenvalue weighted by atomic mass is 9.87. The molecule has 0 fully saturated rings. The lowest BCUT2D eigenvalue weighted by Gasteiger charge is -2.31. The number of hydrogen-bond acceptors (Lipinski definition) is 2. The summed E-state index contributed by atoms with van der Waals surface area (Å²) in [5.74, 6) is -0.199. The monoisotopic (exact) mass is 200 g/mol. The van der Waals surface area contributed by atoms with Crippen molar-refractivity contribution < 1.29 is 4.79 Å².